The molecule has 0 aromatic heterocycles. The van der Waals surface area contributed by atoms with Gasteiger partial charge in [0.05, 0.1) is 29.4 Å². The molecule has 23 heavy (non-hydrogen) atoms. The van der Waals surface area contributed by atoms with Gasteiger partial charge in [-0.1, -0.05) is 34.8 Å². The van der Waals surface area contributed by atoms with E-state index in [4.69, 9.17) is 39.5 Å². The fourth-order valence-corrected chi connectivity index (χ4v) is 2.36. The van der Waals surface area contributed by atoms with Gasteiger partial charge in [-0.25, -0.2) is 0 Å². The Balaban J connectivity index is 2.02. The summed E-state index contributed by atoms with van der Waals surface area (Å²) in [5.74, 6) is 0.277. The largest absolute Gasteiger partial charge is 0.495 e. The number of benzene rings is 2. The van der Waals surface area contributed by atoms with E-state index >= 15 is 0 Å². The Hall–Kier alpha value is -1.62. The third kappa shape index (κ3) is 4.67. The number of hydrogen-bond donors (Lipinski definition) is 2. The summed E-state index contributed by atoms with van der Waals surface area (Å²) < 4.78 is 5.22. The van der Waals surface area contributed by atoms with Gasteiger partial charge in [-0.05, 0) is 36.8 Å². The molecule has 122 valence electrons. The predicted molar refractivity (Wildman–Crippen MR) is 96.3 cm³/mol. The molecule has 0 unspecified atom stereocenters. The first kappa shape index (κ1) is 17.7. The average Bonchev–Trinajstić information content (AvgIpc) is 2.52. The second kappa shape index (κ2) is 7.77. The van der Waals surface area contributed by atoms with Crippen LogP contribution < -0.4 is 15.4 Å². The third-order valence-corrected chi connectivity index (χ3v) is 4.27. The molecule has 0 saturated carbocycles. The first-order valence-electron chi connectivity index (χ1n) is 6.73. The minimum absolute atomic E-state index is 0.0722. The number of carbonyl (C=O) groups is 1. The van der Waals surface area contributed by atoms with E-state index in [1.54, 1.807) is 30.3 Å². The van der Waals surface area contributed by atoms with Crippen molar-refractivity contribution >= 4 is 52.1 Å². The third-order valence-electron chi connectivity index (χ3n) is 3.13. The Morgan fingerprint density at radius 1 is 1.09 bits per heavy atom. The first-order chi connectivity index (χ1) is 10.9. The Morgan fingerprint density at radius 3 is 2.48 bits per heavy atom. The van der Waals surface area contributed by atoms with Crippen molar-refractivity contribution in [1.29, 1.82) is 0 Å². The molecule has 0 aliphatic rings. The number of amides is 1. The molecule has 0 atom stereocenters. The Morgan fingerprint density at radius 2 is 1.83 bits per heavy atom. The maximum absolute atomic E-state index is 12.1. The molecular formula is C16H15Cl3N2O2. The van der Waals surface area contributed by atoms with Crippen molar-refractivity contribution in [2.24, 2.45) is 0 Å². The minimum atomic E-state index is -0.226. The molecule has 0 bridgehead atoms. The average molecular weight is 374 g/mol. The summed E-state index contributed by atoms with van der Waals surface area (Å²) in [6.45, 7) is 1.92. The topological polar surface area (TPSA) is 50.4 Å². The van der Waals surface area contributed by atoms with Crippen molar-refractivity contribution in [3.8, 4) is 5.75 Å². The highest BCUT2D eigenvalue weighted by Gasteiger charge is 2.10. The SMILES string of the molecule is COc1cc(Cl)c(C)cc1NC(=O)CNc1ccc(Cl)c(Cl)c1. The van der Waals surface area contributed by atoms with Crippen LogP contribution in [0.3, 0.4) is 0 Å². The molecule has 2 rings (SSSR count). The highest BCUT2D eigenvalue weighted by Crippen LogP contribution is 2.31. The molecule has 0 aliphatic carbocycles. The number of rotatable bonds is 5. The molecule has 2 aromatic rings. The van der Waals surface area contributed by atoms with Gasteiger partial charge in [0.1, 0.15) is 5.75 Å². The van der Waals surface area contributed by atoms with Crippen molar-refractivity contribution in [3.63, 3.8) is 0 Å². The van der Waals surface area contributed by atoms with Crippen molar-refractivity contribution in [3.05, 3.63) is 51.0 Å². The monoisotopic (exact) mass is 372 g/mol. The van der Waals surface area contributed by atoms with Gasteiger partial charge in [-0.2, -0.15) is 0 Å². The lowest BCUT2D eigenvalue weighted by atomic mass is 10.2. The Bertz CT molecular complexity index is 736. The molecule has 1 amide bonds. The molecule has 0 aliphatic heterocycles. The van der Waals surface area contributed by atoms with Crippen molar-refractivity contribution in [1.82, 2.24) is 0 Å². The normalized spacial score (nSPS) is 10.3. The number of aryl methyl sites for hydroxylation is 1. The molecule has 0 fully saturated rings. The van der Waals surface area contributed by atoms with Crippen LogP contribution in [-0.2, 0) is 4.79 Å². The molecule has 2 aromatic carbocycles. The molecule has 2 N–H and O–H groups in total. The predicted octanol–water partition coefficient (Wildman–Crippen LogP) is 5.01. The molecule has 4 nitrogen and oxygen atoms in total. The smallest absolute Gasteiger partial charge is 0.243 e. The van der Waals surface area contributed by atoms with Gasteiger partial charge >= 0.3 is 0 Å². The summed E-state index contributed by atoms with van der Waals surface area (Å²) in [5, 5.41) is 7.22. The maximum atomic E-state index is 12.1. The molecule has 7 heteroatoms. The number of methoxy groups -OCH3 is 1. The van der Waals surface area contributed by atoms with Gasteiger partial charge in [-0.15, -0.1) is 0 Å². The first-order valence-corrected chi connectivity index (χ1v) is 7.87. The molecule has 0 radical (unpaired) electrons. The van der Waals surface area contributed by atoms with Crippen LogP contribution in [0.25, 0.3) is 0 Å². The second-order valence-corrected chi connectivity index (χ2v) is 6.05. The number of carbonyl (C=O) groups excluding carboxylic acids is 1. The van der Waals surface area contributed by atoms with E-state index in [-0.39, 0.29) is 12.5 Å². The van der Waals surface area contributed by atoms with Crippen molar-refractivity contribution < 1.29 is 9.53 Å². The van der Waals surface area contributed by atoms with E-state index in [1.807, 2.05) is 6.92 Å². The fraction of sp³-hybridized carbons (Fsp3) is 0.188. The number of nitrogens with one attached hydrogen (secondary N) is 2. The maximum Gasteiger partial charge on any atom is 0.243 e. The van der Waals surface area contributed by atoms with Crippen LogP contribution in [0.1, 0.15) is 5.56 Å². The molecular weight excluding hydrogens is 359 g/mol. The van der Waals surface area contributed by atoms with Crippen molar-refractivity contribution in [2.45, 2.75) is 6.92 Å². The zero-order valence-corrected chi connectivity index (χ0v) is 14.8. The lowest BCUT2D eigenvalue weighted by molar-refractivity contribution is -0.114. The molecule has 0 spiro atoms. The van der Waals surface area contributed by atoms with Crippen LogP contribution in [0.4, 0.5) is 11.4 Å². The van der Waals surface area contributed by atoms with E-state index in [0.717, 1.165) is 5.56 Å². The summed E-state index contributed by atoms with van der Waals surface area (Å²) in [6, 6.07) is 8.49. The van der Waals surface area contributed by atoms with Crippen molar-refractivity contribution in [2.75, 3.05) is 24.3 Å². The standard InChI is InChI=1S/C16H15Cl3N2O2/c1-9-5-14(15(23-2)7-12(9)18)21-16(22)8-20-10-3-4-11(17)13(19)6-10/h3-7,20H,8H2,1-2H3,(H,21,22). The number of hydrogen-bond acceptors (Lipinski definition) is 3. The number of ether oxygens (including phenoxy) is 1. The molecule has 0 heterocycles. The van der Waals surface area contributed by atoms with Gasteiger partial charge in [0.15, 0.2) is 0 Å². The number of anilines is 2. The van der Waals surface area contributed by atoms with E-state index in [9.17, 15) is 4.79 Å². The highest BCUT2D eigenvalue weighted by molar-refractivity contribution is 6.42. The molecule has 0 saturated heterocycles. The van der Waals surface area contributed by atoms with Crippen LogP contribution in [0.2, 0.25) is 15.1 Å². The zero-order valence-electron chi connectivity index (χ0n) is 12.5. The highest BCUT2D eigenvalue weighted by atomic mass is 35.5. The fourth-order valence-electron chi connectivity index (χ4n) is 1.91. The summed E-state index contributed by atoms with van der Waals surface area (Å²) in [5.41, 5.74) is 2.12. The van der Waals surface area contributed by atoms with Crippen LogP contribution in [0.5, 0.6) is 5.75 Å². The van der Waals surface area contributed by atoms with Gasteiger partial charge < -0.3 is 15.4 Å². The van der Waals surface area contributed by atoms with Crippen LogP contribution in [0, 0.1) is 6.92 Å². The summed E-state index contributed by atoms with van der Waals surface area (Å²) >= 11 is 17.8. The van der Waals surface area contributed by atoms with Crippen LogP contribution in [-0.4, -0.2) is 19.6 Å². The summed E-state index contributed by atoms with van der Waals surface area (Å²) in [7, 11) is 1.52. The Kier molecular flexibility index (Phi) is 5.99. The van der Waals surface area contributed by atoms with E-state index in [2.05, 4.69) is 10.6 Å². The Labute approximate surface area is 149 Å². The van der Waals surface area contributed by atoms with Gasteiger partial charge in [0, 0.05) is 16.8 Å². The second-order valence-electron chi connectivity index (χ2n) is 4.83. The minimum Gasteiger partial charge on any atom is -0.495 e. The summed E-state index contributed by atoms with van der Waals surface area (Å²) in [6.07, 6.45) is 0. The van der Waals surface area contributed by atoms with Crippen LogP contribution in [0.15, 0.2) is 30.3 Å². The van der Waals surface area contributed by atoms with E-state index in [0.29, 0.717) is 32.2 Å². The van der Waals surface area contributed by atoms with Crippen LogP contribution >= 0.6 is 34.8 Å². The summed E-state index contributed by atoms with van der Waals surface area (Å²) in [4.78, 5) is 12.1. The van der Waals surface area contributed by atoms with Gasteiger partial charge in [0.25, 0.3) is 0 Å². The van der Waals surface area contributed by atoms with E-state index < -0.39 is 0 Å². The van der Waals surface area contributed by atoms with Gasteiger partial charge in [0.2, 0.25) is 5.91 Å². The lowest BCUT2D eigenvalue weighted by Gasteiger charge is -2.13. The van der Waals surface area contributed by atoms with Gasteiger partial charge in [-0.3, -0.25) is 4.79 Å². The quantitative estimate of drug-likeness (QED) is 0.774. The zero-order chi connectivity index (χ0) is 17.0. The van der Waals surface area contributed by atoms with E-state index in [1.165, 1.54) is 7.11 Å². The lowest BCUT2D eigenvalue weighted by Crippen LogP contribution is -2.22. The number of halogens is 3.